The molecule has 1 N–H and O–H groups in total. The Hall–Kier alpha value is -2.43. The maximum absolute atomic E-state index is 12.0. The van der Waals surface area contributed by atoms with E-state index < -0.39 is 7.05 Å². The summed E-state index contributed by atoms with van der Waals surface area (Å²) in [6, 6.07) is 14.6. The highest BCUT2D eigenvalue weighted by molar-refractivity contribution is 6.69. The number of carbonyl (C=O) groups is 1. The van der Waals surface area contributed by atoms with Crippen molar-refractivity contribution in [2.45, 2.75) is 0 Å². The van der Waals surface area contributed by atoms with Gasteiger partial charge in [0.25, 0.3) is 0 Å². The summed E-state index contributed by atoms with van der Waals surface area (Å²) in [6.07, 6.45) is 0. The van der Waals surface area contributed by atoms with E-state index in [-0.39, 0.29) is 5.91 Å². The molecule has 0 saturated carbocycles. The Kier molecular flexibility index (Phi) is 2.87. The van der Waals surface area contributed by atoms with Crippen molar-refractivity contribution in [2.24, 2.45) is 0 Å². The number of carbonyl (C=O) groups excluding carboxylic acids is 1. The van der Waals surface area contributed by atoms with E-state index in [2.05, 4.69) is 5.23 Å². The van der Waals surface area contributed by atoms with Crippen LogP contribution >= 0.6 is 0 Å². The molecule has 5 heteroatoms. The molecule has 1 amide bonds. The summed E-state index contributed by atoms with van der Waals surface area (Å²) in [5.74, 6) is 1.25. The molecule has 0 saturated heterocycles. The zero-order chi connectivity index (χ0) is 13.2. The van der Waals surface area contributed by atoms with E-state index in [1.807, 2.05) is 36.4 Å². The van der Waals surface area contributed by atoms with Gasteiger partial charge < -0.3 is 14.6 Å². The van der Waals surface area contributed by atoms with Crippen molar-refractivity contribution in [1.82, 2.24) is 5.23 Å². The fourth-order valence-electron chi connectivity index (χ4n) is 2.04. The summed E-state index contributed by atoms with van der Waals surface area (Å²) >= 11 is 0. The molecular weight excluding hydrogens is 241 g/mol. The van der Waals surface area contributed by atoms with Crippen LogP contribution in [0.15, 0.2) is 48.5 Å². The van der Waals surface area contributed by atoms with Gasteiger partial charge in [-0.05, 0) is 29.7 Å². The highest BCUT2D eigenvalue weighted by Crippen LogP contribution is 2.21. The Morgan fingerprint density at radius 1 is 1.11 bits per heavy atom. The zero-order valence-electron chi connectivity index (χ0n) is 10.4. The van der Waals surface area contributed by atoms with E-state index in [0.717, 1.165) is 11.2 Å². The summed E-state index contributed by atoms with van der Waals surface area (Å²) in [6.45, 7) is 0. The third kappa shape index (κ3) is 2.15. The summed E-state index contributed by atoms with van der Waals surface area (Å²) in [5.41, 5.74) is 1.44. The first-order chi connectivity index (χ1) is 9.28. The molecule has 1 heterocycles. The molecule has 0 spiro atoms. The number of nitrogens with one attached hydrogen (secondary N) is 1. The van der Waals surface area contributed by atoms with Crippen LogP contribution in [0.3, 0.4) is 0 Å². The van der Waals surface area contributed by atoms with Crippen LogP contribution in [0.5, 0.6) is 11.5 Å². The molecule has 2 aromatic rings. The van der Waals surface area contributed by atoms with Gasteiger partial charge in [0, 0.05) is 0 Å². The van der Waals surface area contributed by atoms with E-state index >= 15 is 0 Å². The number of rotatable bonds is 2. The number of benzene rings is 2. The molecule has 0 unspecified atom stereocenters. The average Bonchev–Trinajstić information content (AvgIpc) is 2.47. The lowest BCUT2D eigenvalue weighted by molar-refractivity contribution is 0.0967. The van der Waals surface area contributed by atoms with Gasteiger partial charge in [0.05, 0.1) is 12.7 Å². The molecule has 0 bridgehead atoms. The number of para-hydroxylation sites is 1. The van der Waals surface area contributed by atoms with Crippen molar-refractivity contribution in [1.29, 1.82) is 0 Å². The number of ether oxygens (including phenoxy) is 1. The van der Waals surface area contributed by atoms with Crippen LogP contribution in [0.2, 0.25) is 0 Å². The smallest absolute Gasteiger partial charge is 0.519 e. The van der Waals surface area contributed by atoms with Crippen LogP contribution in [0.25, 0.3) is 0 Å². The van der Waals surface area contributed by atoms with E-state index in [4.69, 9.17) is 9.39 Å². The van der Waals surface area contributed by atoms with Crippen molar-refractivity contribution in [3.63, 3.8) is 0 Å². The van der Waals surface area contributed by atoms with E-state index in [0.29, 0.717) is 11.3 Å². The summed E-state index contributed by atoms with van der Waals surface area (Å²) in [7, 11) is 1.15. The highest BCUT2D eigenvalue weighted by Gasteiger charge is 2.31. The van der Waals surface area contributed by atoms with Crippen molar-refractivity contribution >= 4 is 18.4 Å². The van der Waals surface area contributed by atoms with Crippen LogP contribution in [0.4, 0.5) is 0 Å². The first kappa shape index (κ1) is 11.7. The minimum Gasteiger partial charge on any atom is -0.537 e. The molecule has 94 valence electrons. The Balaban J connectivity index is 1.90. The third-order valence-electron chi connectivity index (χ3n) is 3.06. The fourth-order valence-corrected chi connectivity index (χ4v) is 2.04. The lowest BCUT2D eigenvalue weighted by atomic mass is 9.72. The molecule has 0 aliphatic carbocycles. The number of hydrogen-bond acceptors (Lipinski definition) is 3. The van der Waals surface area contributed by atoms with Crippen molar-refractivity contribution < 1.29 is 14.2 Å². The van der Waals surface area contributed by atoms with Gasteiger partial charge in [0.2, 0.25) is 5.91 Å². The second-order valence-electron chi connectivity index (χ2n) is 4.24. The quantitative estimate of drug-likeness (QED) is 0.818. The van der Waals surface area contributed by atoms with E-state index in [1.54, 1.807) is 19.2 Å². The molecule has 0 fully saturated rings. The third-order valence-corrected chi connectivity index (χ3v) is 3.06. The Morgan fingerprint density at radius 2 is 1.84 bits per heavy atom. The summed E-state index contributed by atoms with van der Waals surface area (Å²) in [4.78, 5) is 12.0. The summed E-state index contributed by atoms with van der Waals surface area (Å²) < 4.78 is 10.9. The molecule has 0 aromatic heterocycles. The first-order valence-corrected chi connectivity index (χ1v) is 5.98. The maximum atomic E-state index is 12.0. The highest BCUT2D eigenvalue weighted by atomic mass is 16.5. The molecule has 1 aliphatic rings. The van der Waals surface area contributed by atoms with E-state index in [1.165, 1.54) is 0 Å². The normalized spacial score (nSPS) is 13.3. The number of methoxy groups -OCH3 is 1. The van der Waals surface area contributed by atoms with Crippen LogP contribution in [0, 0.1) is 0 Å². The lowest BCUT2D eigenvalue weighted by Crippen LogP contribution is -2.55. The van der Waals surface area contributed by atoms with Gasteiger partial charge in [-0.25, -0.2) is 0 Å². The van der Waals surface area contributed by atoms with Gasteiger partial charge in [-0.1, -0.05) is 24.3 Å². The summed E-state index contributed by atoms with van der Waals surface area (Å²) in [5, 5.41) is 2.82. The average molecular weight is 253 g/mol. The SMILES string of the molecule is COc1ccc(B2NC(=O)c3ccccc3O2)cc1. The van der Waals surface area contributed by atoms with Gasteiger partial charge in [-0.2, -0.15) is 0 Å². The fraction of sp³-hybridized carbons (Fsp3) is 0.0714. The Morgan fingerprint density at radius 3 is 2.58 bits per heavy atom. The topological polar surface area (TPSA) is 47.6 Å². The van der Waals surface area contributed by atoms with E-state index in [9.17, 15) is 4.79 Å². The Bertz CT molecular complexity index is 612. The Labute approximate surface area is 111 Å². The van der Waals surface area contributed by atoms with Crippen molar-refractivity contribution in [2.75, 3.05) is 7.11 Å². The second kappa shape index (κ2) is 4.68. The van der Waals surface area contributed by atoms with Gasteiger partial charge in [0.15, 0.2) is 0 Å². The van der Waals surface area contributed by atoms with Crippen LogP contribution in [-0.4, -0.2) is 20.1 Å². The first-order valence-electron chi connectivity index (χ1n) is 5.98. The minimum absolute atomic E-state index is 0.123. The molecule has 0 atom stereocenters. The molecular formula is C14H12BNO3. The minimum atomic E-state index is -0.465. The molecule has 0 radical (unpaired) electrons. The van der Waals surface area contributed by atoms with Crippen molar-refractivity contribution in [3.8, 4) is 11.5 Å². The van der Waals surface area contributed by atoms with Gasteiger partial charge in [-0.15, -0.1) is 0 Å². The van der Waals surface area contributed by atoms with Crippen molar-refractivity contribution in [3.05, 3.63) is 54.1 Å². The monoisotopic (exact) mass is 253 g/mol. The standard InChI is InChI=1S/C14H12BNO3/c1-18-11-8-6-10(7-9-11)15-16-14(17)12-4-2-3-5-13(12)19-15/h2-9H,1H3,(H,16,17). The van der Waals surface area contributed by atoms with Gasteiger partial charge >= 0.3 is 7.05 Å². The molecule has 4 nitrogen and oxygen atoms in total. The molecule has 3 rings (SSSR count). The molecule has 1 aliphatic heterocycles. The number of amides is 1. The predicted molar refractivity (Wildman–Crippen MR) is 72.9 cm³/mol. The van der Waals surface area contributed by atoms with Crippen LogP contribution < -0.4 is 20.1 Å². The van der Waals surface area contributed by atoms with Gasteiger partial charge in [0.1, 0.15) is 11.5 Å². The van der Waals surface area contributed by atoms with Crippen LogP contribution in [-0.2, 0) is 0 Å². The molecule has 19 heavy (non-hydrogen) atoms. The number of hydrogen-bond donors (Lipinski definition) is 1. The lowest BCUT2D eigenvalue weighted by Gasteiger charge is -2.23. The largest absolute Gasteiger partial charge is 0.537 e. The zero-order valence-corrected chi connectivity index (χ0v) is 10.4. The second-order valence-corrected chi connectivity index (χ2v) is 4.24. The predicted octanol–water partition coefficient (Wildman–Crippen LogP) is 1.21. The number of fused-ring (bicyclic) bond motifs is 1. The van der Waals surface area contributed by atoms with Crippen LogP contribution in [0.1, 0.15) is 10.4 Å². The maximum Gasteiger partial charge on any atom is 0.519 e. The molecule has 2 aromatic carbocycles. The van der Waals surface area contributed by atoms with Gasteiger partial charge in [-0.3, -0.25) is 4.79 Å².